The third kappa shape index (κ3) is 5.35. The molecule has 0 saturated carbocycles. The van der Waals surface area contributed by atoms with Crippen LogP contribution >= 0.6 is 0 Å². The lowest BCUT2D eigenvalue weighted by Crippen LogP contribution is -2.47. The van der Waals surface area contributed by atoms with Gasteiger partial charge in [-0.25, -0.2) is 9.07 Å². The van der Waals surface area contributed by atoms with Crippen molar-refractivity contribution in [1.29, 1.82) is 0 Å². The Balaban J connectivity index is 1.54. The van der Waals surface area contributed by atoms with Gasteiger partial charge < -0.3 is 14.8 Å². The molecule has 1 aliphatic rings. The monoisotopic (exact) mass is 517 g/mol. The first-order valence-corrected chi connectivity index (χ1v) is 12.4. The summed E-state index contributed by atoms with van der Waals surface area (Å²) in [6, 6.07) is 18.8. The molecule has 1 aromatic heterocycles. The molecular formula is C28H28FN5O4. The predicted molar refractivity (Wildman–Crippen MR) is 139 cm³/mol. The molecule has 9 nitrogen and oxygen atoms in total. The molecule has 38 heavy (non-hydrogen) atoms. The van der Waals surface area contributed by atoms with E-state index in [-0.39, 0.29) is 18.3 Å². The number of nitrogens with one attached hydrogen (secondary N) is 1. The Morgan fingerprint density at radius 3 is 2.63 bits per heavy atom. The smallest absolute Gasteiger partial charge is 0.249 e. The highest BCUT2D eigenvalue weighted by molar-refractivity contribution is 6.01. The number of halogens is 1. The molecule has 0 unspecified atom stereocenters. The highest BCUT2D eigenvalue weighted by Gasteiger charge is 2.35. The van der Waals surface area contributed by atoms with Crippen molar-refractivity contribution in [2.24, 2.45) is 0 Å². The number of anilines is 1. The van der Waals surface area contributed by atoms with Crippen LogP contribution in [0.1, 0.15) is 24.4 Å². The molecule has 3 aromatic carbocycles. The molecule has 0 bridgehead atoms. The fraction of sp³-hybridized carbons (Fsp3) is 0.286. The van der Waals surface area contributed by atoms with Gasteiger partial charge in [-0.05, 0) is 54.8 Å². The molecule has 1 fully saturated rings. The lowest BCUT2D eigenvalue weighted by Gasteiger charge is -2.32. The summed E-state index contributed by atoms with van der Waals surface area (Å²) in [6.07, 6.45) is 1.66. The fourth-order valence-corrected chi connectivity index (χ4v) is 4.62. The largest absolute Gasteiger partial charge is 0.497 e. The van der Waals surface area contributed by atoms with Crippen LogP contribution in [0.15, 0.2) is 72.8 Å². The predicted octanol–water partition coefficient (Wildman–Crippen LogP) is 3.65. The molecule has 1 saturated heterocycles. The number of carbonyl (C=O) groups excluding carboxylic acids is 2. The van der Waals surface area contributed by atoms with Gasteiger partial charge in [0.1, 0.15) is 29.7 Å². The van der Waals surface area contributed by atoms with Gasteiger partial charge in [-0.3, -0.25) is 14.5 Å². The van der Waals surface area contributed by atoms with E-state index in [1.54, 1.807) is 49.6 Å². The van der Waals surface area contributed by atoms with Gasteiger partial charge >= 0.3 is 0 Å². The molecule has 1 N–H and O–H groups in total. The van der Waals surface area contributed by atoms with Crippen molar-refractivity contribution in [3.8, 4) is 5.75 Å². The molecule has 0 radical (unpaired) electrons. The number of carbonyl (C=O) groups is 2. The summed E-state index contributed by atoms with van der Waals surface area (Å²) in [5.74, 6) is -1.02. The molecule has 0 spiro atoms. The number of aromatic nitrogens is 3. The van der Waals surface area contributed by atoms with Crippen molar-refractivity contribution in [1.82, 2.24) is 20.3 Å². The second-order valence-electron chi connectivity index (χ2n) is 9.01. The van der Waals surface area contributed by atoms with E-state index >= 15 is 4.39 Å². The molecule has 0 aliphatic carbocycles. The number of ether oxygens (including phenoxy) is 2. The van der Waals surface area contributed by atoms with Crippen LogP contribution in [0.25, 0.3) is 11.0 Å². The Hall–Kier alpha value is -4.31. The maximum Gasteiger partial charge on any atom is 0.249 e. The quantitative estimate of drug-likeness (QED) is 0.364. The molecule has 10 heteroatoms. The first kappa shape index (κ1) is 25.3. The van der Waals surface area contributed by atoms with Crippen LogP contribution in [0.4, 0.5) is 10.1 Å². The number of rotatable bonds is 9. The maximum atomic E-state index is 15.2. The minimum atomic E-state index is -1.17. The minimum absolute atomic E-state index is 0.0185. The van der Waals surface area contributed by atoms with Crippen LogP contribution in [0, 0.1) is 5.82 Å². The van der Waals surface area contributed by atoms with E-state index in [1.807, 2.05) is 12.1 Å². The average molecular weight is 518 g/mol. The SMILES string of the molecule is COc1ccc([C@H](C(=O)NC[C@H]2CCCO2)N(C(=O)Cn2nnc3ccccc32)c2ccccc2F)cc1. The van der Waals surface area contributed by atoms with Crippen LogP contribution < -0.4 is 15.0 Å². The molecule has 2 atom stereocenters. The fourth-order valence-electron chi connectivity index (χ4n) is 4.62. The topological polar surface area (TPSA) is 98.6 Å². The van der Waals surface area contributed by atoms with Gasteiger partial charge in [0, 0.05) is 13.2 Å². The number of benzene rings is 3. The van der Waals surface area contributed by atoms with Gasteiger partial charge in [0.15, 0.2) is 0 Å². The summed E-state index contributed by atoms with van der Waals surface area (Å²) in [6.45, 7) is 0.688. The Morgan fingerprint density at radius 2 is 1.89 bits per heavy atom. The van der Waals surface area contributed by atoms with Crippen LogP contribution in [0.5, 0.6) is 5.75 Å². The molecule has 4 aromatic rings. The molecule has 2 heterocycles. The van der Waals surface area contributed by atoms with Crippen molar-refractivity contribution in [2.75, 3.05) is 25.2 Å². The second-order valence-corrected chi connectivity index (χ2v) is 9.01. The summed E-state index contributed by atoms with van der Waals surface area (Å²) in [5.41, 5.74) is 1.75. The lowest BCUT2D eigenvalue weighted by molar-refractivity contribution is -0.127. The van der Waals surface area contributed by atoms with Gasteiger partial charge in [0.2, 0.25) is 11.8 Å². The van der Waals surface area contributed by atoms with Crippen molar-refractivity contribution in [2.45, 2.75) is 31.5 Å². The minimum Gasteiger partial charge on any atom is -0.497 e. The third-order valence-corrected chi connectivity index (χ3v) is 6.55. The molecule has 196 valence electrons. The summed E-state index contributed by atoms with van der Waals surface area (Å²) in [7, 11) is 1.54. The first-order valence-electron chi connectivity index (χ1n) is 12.4. The van der Waals surface area contributed by atoms with Crippen LogP contribution in [0.3, 0.4) is 0 Å². The van der Waals surface area contributed by atoms with Crippen LogP contribution in [-0.4, -0.2) is 53.2 Å². The second kappa shape index (κ2) is 11.4. The molecule has 5 rings (SSSR count). The van der Waals surface area contributed by atoms with E-state index < -0.39 is 23.7 Å². The van der Waals surface area contributed by atoms with Crippen molar-refractivity contribution >= 4 is 28.5 Å². The first-order chi connectivity index (χ1) is 18.5. The number of fused-ring (bicyclic) bond motifs is 1. The number of hydrogen-bond donors (Lipinski definition) is 1. The van der Waals surface area contributed by atoms with Crippen LogP contribution in [0.2, 0.25) is 0 Å². The van der Waals surface area contributed by atoms with Gasteiger partial charge in [-0.15, -0.1) is 5.10 Å². The Kier molecular flexibility index (Phi) is 7.60. The van der Waals surface area contributed by atoms with Gasteiger partial charge in [0.25, 0.3) is 0 Å². The summed E-state index contributed by atoms with van der Waals surface area (Å²) in [5, 5.41) is 11.1. The van der Waals surface area contributed by atoms with E-state index in [4.69, 9.17) is 9.47 Å². The van der Waals surface area contributed by atoms with Gasteiger partial charge in [-0.1, -0.05) is 41.6 Å². The van der Waals surface area contributed by atoms with Gasteiger partial charge in [-0.2, -0.15) is 0 Å². The molecule has 1 aliphatic heterocycles. The summed E-state index contributed by atoms with van der Waals surface area (Å²) in [4.78, 5) is 28.9. The van der Waals surface area contributed by atoms with Crippen LogP contribution in [-0.2, 0) is 20.9 Å². The number of para-hydroxylation sites is 2. The standard InChI is InChI=1S/C28H28FN5O4/c1-37-20-14-12-19(13-15-20)27(28(36)30-17-21-7-6-16-38-21)34(24-10-4-2-8-22(24)29)26(35)18-33-25-11-5-3-9-23(25)31-32-33/h2-5,8-15,21,27H,6-7,16-18H2,1H3,(H,30,36)/t21-,27-/m1/s1. The number of nitrogens with zero attached hydrogens (tertiary/aromatic N) is 4. The van der Waals surface area contributed by atoms with E-state index in [0.717, 1.165) is 12.8 Å². The number of methoxy groups -OCH3 is 1. The normalized spacial score (nSPS) is 15.8. The van der Waals surface area contributed by atoms with Crippen molar-refractivity contribution < 1.29 is 23.5 Å². The number of amides is 2. The zero-order valence-corrected chi connectivity index (χ0v) is 20.9. The zero-order chi connectivity index (χ0) is 26.5. The summed E-state index contributed by atoms with van der Waals surface area (Å²) < 4.78 is 27.6. The third-order valence-electron chi connectivity index (χ3n) is 6.55. The zero-order valence-electron chi connectivity index (χ0n) is 20.9. The average Bonchev–Trinajstić information content (AvgIpc) is 3.61. The highest BCUT2D eigenvalue weighted by atomic mass is 19.1. The number of hydrogen-bond acceptors (Lipinski definition) is 6. The van der Waals surface area contributed by atoms with E-state index in [1.165, 1.54) is 27.8 Å². The summed E-state index contributed by atoms with van der Waals surface area (Å²) >= 11 is 0. The van der Waals surface area contributed by atoms with E-state index in [0.29, 0.717) is 35.5 Å². The lowest BCUT2D eigenvalue weighted by atomic mass is 10.0. The van der Waals surface area contributed by atoms with Gasteiger partial charge in [0.05, 0.1) is 24.4 Å². The van der Waals surface area contributed by atoms with Crippen molar-refractivity contribution in [3.63, 3.8) is 0 Å². The Labute approximate surface area is 219 Å². The Morgan fingerprint density at radius 1 is 1.13 bits per heavy atom. The molecule has 2 amide bonds. The Bertz CT molecular complexity index is 1420. The van der Waals surface area contributed by atoms with E-state index in [2.05, 4.69) is 15.6 Å². The van der Waals surface area contributed by atoms with E-state index in [9.17, 15) is 9.59 Å². The molecular weight excluding hydrogens is 489 g/mol. The van der Waals surface area contributed by atoms with Crippen molar-refractivity contribution in [3.05, 3.63) is 84.2 Å². The highest BCUT2D eigenvalue weighted by Crippen LogP contribution is 2.31. The maximum absolute atomic E-state index is 15.2.